The fourth-order valence-corrected chi connectivity index (χ4v) is 2.81. The van der Waals surface area contributed by atoms with Crippen molar-refractivity contribution < 1.29 is 19.7 Å². The number of phenolic OH excluding ortho intramolecular Hbond substituents is 2. The van der Waals surface area contributed by atoms with Gasteiger partial charge < -0.3 is 19.5 Å². The van der Waals surface area contributed by atoms with Crippen LogP contribution < -0.4 is 10.2 Å². The number of methoxy groups -OCH3 is 1. The van der Waals surface area contributed by atoms with Crippen LogP contribution in [0, 0.1) is 6.92 Å². The van der Waals surface area contributed by atoms with Gasteiger partial charge in [0.25, 0.3) is 5.91 Å². The van der Waals surface area contributed by atoms with Gasteiger partial charge in [-0.25, -0.2) is 5.43 Å². The zero-order chi connectivity index (χ0) is 18.8. The summed E-state index contributed by atoms with van der Waals surface area (Å²) in [4.78, 5) is 12.6. The summed E-state index contributed by atoms with van der Waals surface area (Å²) in [5.41, 5.74) is 5.28. The first-order chi connectivity index (χ1) is 12.4. The van der Waals surface area contributed by atoms with Crippen molar-refractivity contribution in [2.24, 2.45) is 12.1 Å². The van der Waals surface area contributed by atoms with Crippen molar-refractivity contribution in [3.05, 3.63) is 53.2 Å². The number of nitrogens with one attached hydrogen (secondary N) is 1. The number of carbonyl (C=O) groups excluding carboxylic acids is 1. The second-order valence-corrected chi connectivity index (χ2v) is 5.85. The van der Waals surface area contributed by atoms with Crippen LogP contribution in [0.15, 0.2) is 41.5 Å². The number of hydrogen-bond acceptors (Lipinski definition) is 5. The van der Waals surface area contributed by atoms with Crippen LogP contribution >= 0.6 is 0 Å². The number of fused-ring (bicyclic) bond motifs is 1. The van der Waals surface area contributed by atoms with Crippen LogP contribution in [0.5, 0.6) is 17.2 Å². The van der Waals surface area contributed by atoms with Gasteiger partial charge in [-0.2, -0.15) is 5.10 Å². The van der Waals surface area contributed by atoms with Gasteiger partial charge in [-0.15, -0.1) is 0 Å². The second kappa shape index (κ2) is 6.79. The van der Waals surface area contributed by atoms with E-state index >= 15 is 0 Å². The summed E-state index contributed by atoms with van der Waals surface area (Å²) in [6.07, 6.45) is 1.39. The first-order valence-electron chi connectivity index (χ1n) is 7.90. The molecule has 0 unspecified atom stereocenters. The van der Waals surface area contributed by atoms with Crippen molar-refractivity contribution in [3.8, 4) is 17.2 Å². The zero-order valence-corrected chi connectivity index (χ0v) is 14.6. The standard InChI is InChI=1S/C19H19N3O4/c1-11-18(14-9-13(26-3)5-6-15(14)22(11)2)19(25)21-20-10-12-4-7-16(23)17(24)8-12/h4-10,23-24H,1-3H3,(H,21,25)/b20-10+. The van der Waals surface area contributed by atoms with Gasteiger partial charge in [0.1, 0.15) is 5.75 Å². The van der Waals surface area contributed by atoms with E-state index in [0.717, 1.165) is 16.6 Å². The molecule has 3 N–H and O–H groups in total. The lowest BCUT2D eigenvalue weighted by Gasteiger charge is -2.02. The van der Waals surface area contributed by atoms with Crippen LogP contribution in [0.4, 0.5) is 0 Å². The molecular weight excluding hydrogens is 334 g/mol. The Morgan fingerprint density at radius 1 is 1.19 bits per heavy atom. The maximum Gasteiger partial charge on any atom is 0.273 e. The molecule has 3 aromatic rings. The summed E-state index contributed by atoms with van der Waals surface area (Å²) >= 11 is 0. The highest BCUT2D eigenvalue weighted by Gasteiger charge is 2.18. The van der Waals surface area contributed by atoms with Crippen molar-refractivity contribution >= 4 is 23.0 Å². The third kappa shape index (κ3) is 3.06. The molecule has 2 aromatic carbocycles. The Bertz CT molecular complexity index is 1020. The first-order valence-corrected chi connectivity index (χ1v) is 7.90. The number of hydrogen-bond donors (Lipinski definition) is 3. The fourth-order valence-electron chi connectivity index (χ4n) is 2.81. The van der Waals surface area contributed by atoms with Gasteiger partial charge in [-0.1, -0.05) is 0 Å². The molecular formula is C19H19N3O4. The molecule has 26 heavy (non-hydrogen) atoms. The molecule has 0 aliphatic heterocycles. The monoisotopic (exact) mass is 353 g/mol. The smallest absolute Gasteiger partial charge is 0.273 e. The van der Waals surface area contributed by atoms with Gasteiger partial charge in [-0.05, 0) is 48.9 Å². The number of aryl methyl sites for hydroxylation is 1. The number of aromatic nitrogens is 1. The molecule has 134 valence electrons. The van der Waals surface area contributed by atoms with E-state index in [4.69, 9.17) is 4.74 Å². The van der Waals surface area contributed by atoms with E-state index in [1.54, 1.807) is 13.2 Å². The number of carbonyl (C=O) groups is 1. The SMILES string of the molecule is COc1ccc2c(c1)c(C(=O)N/N=C/c1ccc(O)c(O)c1)c(C)n2C. The number of aromatic hydroxyl groups is 2. The Kier molecular flexibility index (Phi) is 4.53. The third-order valence-corrected chi connectivity index (χ3v) is 4.31. The molecule has 0 spiro atoms. The highest BCUT2D eigenvalue weighted by molar-refractivity contribution is 6.08. The van der Waals surface area contributed by atoms with Crippen molar-refractivity contribution in [1.29, 1.82) is 0 Å². The molecule has 0 atom stereocenters. The molecule has 0 fully saturated rings. The first kappa shape index (κ1) is 17.3. The Balaban J connectivity index is 1.88. The highest BCUT2D eigenvalue weighted by Crippen LogP contribution is 2.28. The van der Waals surface area contributed by atoms with Crippen LogP contribution in [0.25, 0.3) is 10.9 Å². The Morgan fingerprint density at radius 3 is 2.65 bits per heavy atom. The van der Waals surface area contributed by atoms with E-state index in [-0.39, 0.29) is 17.4 Å². The predicted molar refractivity (Wildman–Crippen MR) is 99.0 cm³/mol. The minimum absolute atomic E-state index is 0.216. The normalized spacial score (nSPS) is 11.2. The number of nitrogens with zero attached hydrogens (tertiary/aromatic N) is 2. The lowest BCUT2D eigenvalue weighted by molar-refractivity contribution is 0.0956. The van der Waals surface area contributed by atoms with E-state index in [2.05, 4.69) is 10.5 Å². The summed E-state index contributed by atoms with van der Waals surface area (Å²) < 4.78 is 7.19. The Morgan fingerprint density at radius 2 is 1.96 bits per heavy atom. The van der Waals surface area contributed by atoms with Crippen molar-refractivity contribution in [2.45, 2.75) is 6.92 Å². The number of amides is 1. The molecule has 1 amide bonds. The van der Waals surface area contributed by atoms with Gasteiger partial charge in [-0.3, -0.25) is 4.79 Å². The molecule has 0 radical (unpaired) electrons. The molecule has 7 nitrogen and oxygen atoms in total. The van der Waals surface area contributed by atoms with Gasteiger partial charge in [0.2, 0.25) is 0 Å². The van der Waals surface area contributed by atoms with Crippen LogP contribution in [0.2, 0.25) is 0 Å². The summed E-state index contributed by atoms with van der Waals surface area (Å²) in [7, 11) is 3.47. The van der Waals surface area contributed by atoms with Gasteiger partial charge >= 0.3 is 0 Å². The Hall–Kier alpha value is -3.48. The largest absolute Gasteiger partial charge is 0.504 e. The van der Waals surface area contributed by atoms with E-state index in [1.165, 1.54) is 18.3 Å². The van der Waals surface area contributed by atoms with Crippen LogP contribution in [0.1, 0.15) is 21.6 Å². The summed E-state index contributed by atoms with van der Waals surface area (Å²) in [5.74, 6) is -0.149. The molecule has 0 saturated heterocycles. The lowest BCUT2D eigenvalue weighted by atomic mass is 10.1. The summed E-state index contributed by atoms with van der Waals surface area (Å²) in [5, 5.41) is 23.5. The van der Waals surface area contributed by atoms with Crippen molar-refractivity contribution in [3.63, 3.8) is 0 Å². The van der Waals surface area contributed by atoms with Gasteiger partial charge in [0.05, 0.1) is 18.9 Å². The lowest BCUT2D eigenvalue weighted by Crippen LogP contribution is -2.18. The van der Waals surface area contributed by atoms with Crippen molar-refractivity contribution in [1.82, 2.24) is 9.99 Å². The maximum absolute atomic E-state index is 12.6. The molecule has 7 heteroatoms. The molecule has 0 aliphatic carbocycles. The number of phenols is 2. The molecule has 0 bridgehead atoms. The quantitative estimate of drug-likeness (QED) is 0.382. The van der Waals surface area contributed by atoms with E-state index in [9.17, 15) is 15.0 Å². The molecule has 1 aromatic heterocycles. The highest BCUT2D eigenvalue weighted by atomic mass is 16.5. The van der Waals surface area contributed by atoms with Crippen molar-refractivity contribution in [2.75, 3.05) is 7.11 Å². The minimum atomic E-state index is -0.347. The topological polar surface area (TPSA) is 96.1 Å². The number of benzene rings is 2. The molecule has 3 rings (SSSR count). The van der Waals surface area contributed by atoms with Gasteiger partial charge in [0, 0.05) is 23.6 Å². The van der Waals surface area contributed by atoms with Crippen LogP contribution in [-0.2, 0) is 7.05 Å². The summed E-state index contributed by atoms with van der Waals surface area (Å²) in [6.45, 7) is 1.86. The molecule has 0 saturated carbocycles. The molecule has 1 heterocycles. The average molecular weight is 353 g/mol. The number of rotatable bonds is 4. The average Bonchev–Trinajstić information content (AvgIpc) is 2.88. The number of ether oxygens (including phenoxy) is 1. The van der Waals surface area contributed by atoms with E-state index in [1.807, 2.05) is 36.7 Å². The number of hydrazone groups is 1. The summed E-state index contributed by atoms with van der Waals surface area (Å²) in [6, 6.07) is 9.83. The zero-order valence-electron chi connectivity index (χ0n) is 14.6. The van der Waals surface area contributed by atoms with E-state index in [0.29, 0.717) is 16.9 Å². The van der Waals surface area contributed by atoms with Crippen LogP contribution in [-0.4, -0.2) is 34.0 Å². The van der Waals surface area contributed by atoms with Gasteiger partial charge in [0.15, 0.2) is 11.5 Å². The maximum atomic E-state index is 12.6. The van der Waals surface area contributed by atoms with Crippen LogP contribution in [0.3, 0.4) is 0 Å². The molecule has 0 aliphatic rings. The second-order valence-electron chi connectivity index (χ2n) is 5.85. The Labute approximate surface area is 150 Å². The fraction of sp³-hybridized carbons (Fsp3) is 0.158. The van der Waals surface area contributed by atoms with E-state index < -0.39 is 0 Å². The third-order valence-electron chi connectivity index (χ3n) is 4.31. The predicted octanol–water partition coefficient (Wildman–Crippen LogP) is 2.67. The minimum Gasteiger partial charge on any atom is -0.504 e.